The van der Waals surface area contributed by atoms with Crippen LogP contribution in [0.5, 0.6) is 0 Å². The molecule has 4 heteroatoms. The Kier molecular flexibility index (Phi) is 2.24. The number of aliphatic hydroxyl groups is 1. The Balaban J connectivity index is 1.92. The average molecular weight is 187 g/mol. The predicted molar refractivity (Wildman–Crippen MR) is 44.8 cm³/mol. The summed E-state index contributed by atoms with van der Waals surface area (Å²) in [5, 5.41) is 9.38. The fourth-order valence-corrected chi connectivity index (χ4v) is 1.77. The summed E-state index contributed by atoms with van der Waals surface area (Å²) in [5.74, 6) is -0.0803. The lowest BCUT2D eigenvalue weighted by molar-refractivity contribution is -0.131. The highest BCUT2D eigenvalue weighted by atomic mass is 19.1. The van der Waals surface area contributed by atoms with Crippen LogP contribution in [0.1, 0.15) is 12.8 Å². The molecule has 1 amide bonds. The minimum Gasteiger partial charge on any atom is -0.391 e. The zero-order valence-corrected chi connectivity index (χ0v) is 7.45. The van der Waals surface area contributed by atoms with Crippen LogP contribution in [-0.4, -0.2) is 41.8 Å². The molecule has 1 heterocycles. The van der Waals surface area contributed by atoms with Gasteiger partial charge in [0.15, 0.2) is 0 Å². The zero-order valence-electron chi connectivity index (χ0n) is 7.45. The van der Waals surface area contributed by atoms with Gasteiger partial charge < -0.3 is 10.0 Å². The Hall–Kier alpha value is -0.640. The lowest BCUT2D eigenvalue weighted by Crippen LogP contribution is -2.30. The second kappa shape index (κ2) is 3.25. The van der Waals surface area contributed by atoms with Gasteiger partial charge in [-0.05, 0) is 12.8 Å². The van der Waals surface area contributed by atoms with Crippen molar-refractivity contribution in [1.82, 2.24) is 4.90 Å². The molecule has 74 valence electrons. The van der Waals surface area contributed by atoms with Crippen LogP contribution in [0.2, 0.25) is 0 Å². The summed E-state index contributed by atoms with van der Waals surface area (Å²) in [6.45, 7) is 0.187. The Morgan fingerprint density at radius 1 is 1.46 bits per heavy atom. The zero-order chi connectivity index (χ0) is 9.42. The highest BCUT2D eigenvalue weighted by molar-refractivity contribution is 5.81. The topological polar surface area (TPSA) is 40.5 Å². The summed E-state index contributed by atoms with van der Waals surface area (Å²) < 4.78 is 12.3. The molecule has 2 aliphatic rings. The maximum absolute atomic E-state index is 12.3. The van der Waals surface area contributed by atoms with Crippen LogP contribution in [-0.2, 0) is 4.79 Å². The highest BCUT2D eigenvalue weighted by Crippen LogP contribution is 2.32. The van der Waals surface area contributed by atoms with Crippen molar-refractivity contribution in [2.75, 3.05) is 19.8 Å². The first-order chi connectivity index (χ1) is 6.22. The van der Waals surface area contributed by atoms with E-state index in [2.05, 4.69) is 0 Å². The van der Waals surface area contributed by atoms with Crippen LogP contribution in [0.15, 0.2) is 0 Å². The lowest BCUT2D eigenvalue weighted by Gasteiger charge is -2.14. The largest absolute Gasteiger partial charge is 0.391 e. The first-order valence-electron chi connectivity index (χ1n) is 4.75. The summed E-state index contributed by atoms with van der Waals surface area (Å²) in [6.07, 6.45) is 1.27. The van der Waals surface area contributed by atoms with E-state index in [9.17, 15) is 14.3 Å². The Bertz CT molecular complexity index is 218. The smallest absolute Gasteiger partial charge is 0.225 e. The average Bonchev–Trinajstić information content (AvgIpc) is 2.89. The lowest BCUT2D eigenvalue weighted by atomic mass is 10.1. The SMILES string of the molecule is O=C(C1CC1)N1CC(O)C(CF)C1. The second-order valence-electron chi connectivity index (χ2n) is 4.00. The number of halogens is 1. The van der Waals surface area contributed by atoms with E-state index in [4.69, 9.17) is 0 Å². The molecule has 0 radical (unpaired) electrons. The van der Waals surface area contributed by atoms with Crippen LogP contribution in [0, 0.1) is 11.8 Å². The molecule has 0 aromatic carbocycles. The molecular weight excluding hydrogens is 173 g/mol. The van der Waals surface area contributed by atoms with Gasteiger partial charge in [-0.15, -0.1) is 0 Å². The molecule has 1 aliphatic carbocycles. The number of nitrogens with zero attached hydrogens (tertiary/aromatic N) is 1. The molecule has 1 N–H and O–H groups in total. The summed E-state index contributed by atoms with van der Waals surface area (Å²) in [6, 6.07) is 0. The Labute approximate surface area is 76.5 Å². The third-order valence-corrected chi connectivity index (χ3v) is 2.84. The molecule has 3 nitrogen and oxygen atoms in total. The van der Waals surface area contributed by atoms with Gasteiger partial charge in [-0.25, -0.2) is 0 Å². The van der Waals surface area contributed by atoms with Crippen molar-refractivity contribution in [1.29, 1.82) is 0 Å². The number of hydrogen-bond donors (Lipinski definition) is 1. The van der Waals surface area contributed by atoms with Crippen molar-refractivity contribution in [3.63, 3.8) is 0 Å². The number of hydrogen-bond acceptors (Lipinski definition) is 2. The van der Waals surface area contributed by atoms with E-state index >= 15 is 0 Å². The van der Waals surface area contributed by atoms with Crippen molar-refractivity contribution in [3.05, 3.63) is 0 Å². The number of β-amino-alcohol motifs (C(OH)–C–C–N with tert-alkyl or cyclic N) is 1. The molecule has 0 bridgehead atoms. The first-order valence-corrected chi connectivity index (χ1v) is 4.75. The van der Waals surface area contributed by atoms with Gasteiger partial charge in [0.05, 0.1) is 12.8 Å². The van der Waals surface area contributed by atoms with Crippen LogP contribution in [0.3, 0.4) is 0 Å². The van der Waals surface area contributed by atoms with Crippen LogP contribution < -0.4 is 0 Å². The maximum atomic E-state index is 12.3. The normalized spacial score (nSPS) is 33.8. The van der Waals surface area contributed by atoms with Crippen LogP contribution >= 0.6 is 0 Å². The highest BCUT2D eigenvalue weighted by Gasteiger charge is 2.39. The Morgan fingerprint density at radius 3 is 2.62 bits per heavy atom. The molecule has 0 aromatic heterocycles. The van der Waals surface area contributed by atoms with E-state index in [0.717, 1.165) is 12.8 Å². The fraction of sp³-hybridized carbons (Fsp3) is 0.889. The third-order valence-electron chi connectivity index (χ3n) is 2.84. The van der Waals surface area contributed by atoms with Crippen LogP contribution in [0.25, 0.3) is 0 Å². The van der Waals surface area contributed by atoms with E-state index in [0.29, 0.717) is 13.1 Å². The number of alkyl halides is 1. The van der Waals surface area contributed by atoms with Crippen molar-refractivity contribution in [2.45, 2.75) is 18.9 Å². The van der Waals surface area contributed by atoms with Crippen molar-refractivity contribution in [3.8, 4) is 0 Å². The van der Waals surface area contributed by atoms with E-state index in [-0.39, 0.29) is 17.7 Å². The predicted octanol–water partition coefficient (Wildman–Crippen LogP) is 0.185. The monoisotopic (exact) mass is 187 g/mol. The van der Waals surface area contributed by atoms with E-state index < -0.39 is 12.8 Å². The Morgan fingerprint density at radius 2 is 2.15 bits per heavy atom. The fourth-order valence-electron chi connectivity index (χ4n) is 1.77. The third kappa shape index (κ3) is 1.68. The van der Waals surface area contributed by atoms with Crippen molar-refractivity contribution < 1.29 is 14.3 Å². The van der Waals surface area contributed by atoms with Crippen LogP contribution in [0.4, 0.5) is 4.39 Å². The summed E-state index contributed by atoms with van der Waals surface area (Å²) >= 11 is 0. The summed E-state index contributed by atoms with van der Waals surface area (Å²) in [4.78, 5) is 13.1. The van der Waals surface area contributed by atoms with Gasteiger partial charge in [-0.3, -0.25) is 9.18 Å². The first kappa shape index (κ1) is 8.94. The second-order valence-corrected chi connectivity index (χ2v) is 4.00. The van der Waals surface area contributed by atoms with Gasteiger partial charge in [0.1, 0.15) is 0 Å². The minimum absolute atomic E-state index is 0.106. The van der Waals surface area contributed by atoms with E-state index in [1.165, 1.54) is 0 Å². The molecule has 0 aromatic rings. The number of carbonyl (C=O) groups excluding carboxylic acids is 1. The maximum Gasteiger partial charge on any atom is 0.225 e. The molecular formula is C9H14FNO2. The van der Waals surface area contributed by atoms with Gasteiger partial charge in [0.2, 0.25) is 5.91 Å². The molecule has 2 atom stereocenters. The molecule has 1 saturated heterocycles. The van der Waals surface area contributed by atoms with E-state index in [1.54, 1.807) is 4.90 Å². The molecule has 1 saturated carbocycles. The van der Waals surface area contributed by atoms with E-state index in [1.807, 2.05) is 0 Å². The minimum atomic E-state index is -0.660. The van der Waals surface area contributed by atoms with Gasteiger partial charge in [-0.2, -0.15) is 0 Å². The molecule has 2 unspecified atom stereocenters. The number of aliphatic hydroxyl groups excluding tert-OH is 1. The summed E-state index contributed by atoms with van der Waals surface area (Å²) in [5.41, 5.74) is 0. The number of amides is 1. The van der Waals surface area contributed by atoms with Gasteiger partial charge in [0, 0.05) is 24.9 Å². The molecule has 2 fully saturated rings. The number of likely N-dealkylation sites (tertiary alicyclic amines) is 1. The van der Waals surface area contributed by atoms with Gasteiger partial charge in [0.25, 0.3) is 0 Å². The van der Waals surface area contributed by atoms with Gasteiger partial charge in [-0.1, -0.05) is 0 Å². The molecule has 0 spiro atoms. The number of carbonyl (C=O) groups is 1. The number of rotatable bonds is 2. The molecule has 1 aliphatic heterocycles. The van der Waals surface area contributed by atoms with Crippen molar-refractivity contribution >= 4 is 5.91 Å². The quantitative estimate of drug-likeness (QED) is 0.670. The van der Waals surface area contributed by atoms with Crippen molar-refractivity contribution in [2.24, 2.45) is 11.8 Å². The molecule has 13 heavy (non-hydrogen) atoms. The standard InChI is InChI=1S/C9H14FNO2/c10-3-7-4-11(5-8(7)12)9(13)6-1-2-6/h6-8,12H,1-5H2. The van der Waals surface area contributed by atoms with Gasteiger partial charge >= 0.3 is 0 Å². The summed E-state index contributed by atoms with van der Waals surface area (Å²) in [7, 11) is 0. The molecule has 2 rings (SSSR count).